The van der Waals surface area contributed by atoms with E-state index in [0.29, 0.717) is 26.1 Å². The van der Waals surface area contributed by atoms with E-state index >= 15 is 0 Å². The third-order valence-electron chi connectivity index (χ3n) is 2.31. The fourth-order valence-electron chi connectivity index (χ4n) is 1.49. The summed E-state index contributed by atoms with van der Waals surface area (Å²) in [7, 11) is 0. The van der Waals surface area contributed by atoms with Crippen molar-refractivity contribution in [3.8, 4) is 0 Å². The Morgan fingerprint density at radius 3 is 2.88 bits per heavy atom. The van der Waals surface area contributed by atoms with Crippen LogP contribution in [0, 0.1) is 0 Å². The molecule has 4 heteroatoms. The quantitative estimate of drug-likeness (QED) is 0.553. The number of ether oxygens (including phenoxy) is 1. The Balaban J connectivity index is 2.24. The lowest BCUT2D eigenvalue weighted by Gasteiger charge is -2.06. The Hall–Kier alpha value is -1.39. The number of benzene rings is 1. The fourth-order valence-corrected chi connectivity index (χ4v) is 1.49. The Kier molecular flexibility index (Phi) is 6.29. The summed E-state index contributed by atoms with van der Waals surface area (Å²) in [6.45, 7) is 3.56. The summed E-state index contributed by atoms with van der Waals surface area (Å²) >= 11 is 0. The van der Waals surface area contributed by atoms with Crippen molar-refractivity contribution in [3.05, 3.63) is 35.4 Å². The molecular formula is C13H19NO3. The Labute approximate surface area is 102 Å². The van der Waals surface area contributed by atoms with Crippen molar-refractivity contribution in [2.24, 2.45) is 0 Å². The lowest BCUT2D eigenvalue weighted by atomic mass is 10.1. The van der Waals surface area contributed by atoms with Crippen molar-refractivity contribution in [1.29, 1.82) is 0 Å². The summed E-state index contributed by atoms with van der Waals surface area (Å²) in [4.78, 5) is 11.1. The van der Waals surface area contributed by atoms with Gasteiger partial charge in [0, 0.05) is 13.1 Å². The van der Waals surface area contributed by atoms with Gasteiger partial charge in [-0.25, -0.2) is 0 Å². The van der Waals surface area contributed by atoms with Crippen LogP contribution < -0.4 is 5.32 Å². The molecule has 17 heavy (non-hydrogen) atoms. The maximum absolute atomic E-state index is 11.1. The Morgan fingerprint density at radius 2 is 2.18 bits per heavy atom. The SMILES string of the molecule is CCOC(=O)CCNCc1cccc(CO)c1. The smallest absolute Gasteiger partial charge is 0.307 e. The number of aliphatic hydroxyl groups excluding tert-OH is 1. The number of rotatable bonds is 7. The van der Waals surface area contributed by atoms with E-state index in [0.717, 1.165) is 11.1 Å². The summed E-state index contributed by atoms with van der Waals surface area (Å²) in [6, 6.07) is 7.71. The van der Waals surface area contributed by atoms with Gasteiger partial charge in [-0.1, -0.05) is 24.3 Å². The van der Waals surface area contributed by atoms with E-state index in [-0.39, 0.29) is 12.6 Å². The second kappa shape index (κ2) is 7.81. The van der Waals surface area contributed by atoms with Crippen LogP contribution in [0.3, 0.4) is 0 Å². The molecule has 0 bridgehead atoms. The van der Waals surface area contributed by atoms with Gasteiger partial charge in [0.1, 0.15) is 0 Å². The van der Waals surface area contributed by atoms with Gasteiger partial charge < -0.3 is 15.2 Å². The number of aliphatic hydroxyl groups is 1. The number of hydrogen-bond donors (Lipinski definition) is 2. The summed E-state index contributed by atoms with van der Waals surface area (Å²) in [6.07, 6.45) is 0.382. The molecule has 0 heterocycles. The highest BCUT2D eigenvalue weighted by Crippen LogP contribution is 2.04. The monoisotopic (exact) mass is 237 g/mol. The van der Waals surface area contributed by atoms with Gasteiger partial charge in [-0.05, 0) is 18.1 Å². The average Bonchev–Trinajstić information content (AvgIpc) is 2.35. The van der Waals surface area contributed by atoms with Gasteiger partial charge in [0.05, 0.1) is 19.6 Å². The zero-order valence-electron chi connectivity index (χ0n) is 10.1. The molecule has 0 unspecified atom stereocenters. The minimum Gasteiger partial charge on any atom is -0.466 e. The summed E-state index contributed by atoms with van der Waals surface area (Å²) in [5.41, 5.74) is 2.00. The molecule has 0 aliphatic carbocycles. The topological polar surface area (TPSA) is 58.6 Å². The first-order valence-corrected chi connectivity index (χ1v) is 5.81. The molecule has 2 N–H and O–H groups in total. The third kappa shape index (κ3) is 5.47. The van der Waals surface area contributed by atoms with Crippen molar-refractivity contribution in [3.63, 3.8) is 0 Å². The van der Waals surface area contributed by atoms with Crippen LogP contribution in [-0.4, -0.2) is 24.2 Å². The van der Waals surface area contributed by atoms with Crippen molar-refractivity contribution in [2.45, 2.75) is 26.5 Å². The molecule has 1 aromatic carbocycles. The molecular weight excluding hydrogens is 218 g/mol. The van der Waals surface area contributed by atoms with Crippen LogP contribution in [0.1, 0.15) is 24.5 Å². The maximum atomic E-state index is 11.1. The molecule has 1 aromatic rings. The number of hydrogen-bond acceptors (Lipinski definition) is 4. The summed E-state index contributed by atoms with van der Waals surface area (Å²) in [5, 5.41) is 12.1. The zero-order chi connectivity index (χ0) is 12.5. The van der Waals surface area contributed by atoms with Gasteiger partial charge in [0.2, 0.25) is 0 Å². The van der Waals surface area contributed by atoms with Gasteiger partial charge in [-0.2, -0.15) is 0 Å². The molecule has 0 amide bonds. The average molecular weight is 237 g/mol. The van der Waals surface area contributed by atoms with E-state index < -0.39 is 0 Å². The van der Waals surface area contributed by atoms with E-state index in [1.807, 2.05) is 24.3 Å². The summed E-state index contributed by atoms with van der Waals surface area (Å²) in [5.74, 6) is -0.177. The Bertz CT molecular complexity index is 352. The molecule has 0 radical (unpaired) electrons. The van der Waals surface area contributed by atoms with Crippen molar-refractivity contribution in [2.75, 3.05) is 13.2 Å². The minimum absolute atomic E-state index is 0.0522. The predicted molar refractivity (Wildman–Crippen MR) is 65.3 cm³/mol. The van der Waals surface area contributed by atoms with Crippen LogP contribution in [0.4, 0.5) is 0 Å². The highest BCUT2D eigenvalue weighted by molar-refractivity contribution is 5.69. The second-order valence-electron chi connectivity index (χ2n) is 3.71. The molecule has 0 spiro atoms. The predicted octanol–water partition coefficient (Wildman–Crippen LogP) is 1.22. The minimum atomic E-state index is -0.177. The molecule has 1 rings (SSSR count). The lowest BCUT2D eigenvalue weighted by molar-refractivity contribution is -0.142. The Morgan fingerprint density at radius 1 is 1.41 bits per heavy atom. The number of carbonyl (C=O) groups is 1. The van der Waals surface area contributed by atoms with Crippen LogP contribution in [0.5, 0.6) is 0 Å². The molecule has 4 nitrogen and oxygen atoms in total. The number of carbonyl (C=O) groups excluding carboxylic acids is 1. The molecule has 0 aliphatic heterocycles. The second-order valence-corrected chi connectivity index (χ2v) is 3.71. The third-order valence-corrected chi connectivity index (χ3v) is 2.31. The molecule has 94 valence electrons. The van der Waals surface area contributed by atoms with Gasteiger partial charge in [-0.15, -0.1) is 0 Å². The summed E-state index contributed by atoms with van der Waals surface area (Å²) < 4.78 is 4.82. The first-order valence-electron chi connectivity index (χ1n) is 5.81. The number of esters is 1. The first kappa shape index (κ1) is 13.7. The fraction of sp³-hybridized carbons (Fsp3) is 0.462. The van der Waals surface area contributed by atoms with Crippen LogP contribution in [-0.2, 0) is 22.7 Å². The van der Waals surface area contributed by atoms with E-state index in [1.165, 1.54) is 0 Å². The molecule has 0 atom stereocenters. The molecule has 0 aromatic heterocycles. The highest BCUT2D eigenvalue weighted by Gasteiger charge is 2.00. The van der Waals surface area contributed by atoms with Gasteiger partial charge >= 0.3 is 5.97 Å². The van der Waals surface area contributed by atoms with Gasteiger partial charge in [0.25, 0.3) is 0 Å². The van der Waals surface area contributed by atoms with Crippen molar-refractivity contribution < 1.29 is 14.6 Å². The van der Waals surface area contributed by atoms with Crippen LogP contribution in [0.15, 0.2) is 24.3 Å². The molecule has 0 fully saturated rings. The highest BCUT2D eigenvalue weighted by atomic mass is 16.5. The van der Waals surface area contributed by atoms with E-state index in [1.54, 1.807) is 6.92 Å². The van der Waals surface area contributed by atoms with Crippen LogP contribution in [0.25, 0.3) is 0 Å². The standard InChI is InChI=1S/C13H19NO3/c1-2-17-13(16)6-7-14-9-11-4-3-5-12(8-11)10-15/h3-5,8,14-15H,2,6-7,9-10H2,1H3. The zero-order valence-corrected chi connectivity index (χ0v) is 10.1. The number of nitrogens with one attached hydrogen (secondary N) is 1. The van der Waals surface area contributed by atoms with Crippen LogP contribution >= 0.6 is 0 Å². The van der Waals surface area contributed by atoms with E-state index in [4.69, 9.17) is 9.84 Å². The normalized spacial score (nSPS) is 10.2. The van der Waals surface area contributed by atoms with Crippen molar-refractivity contribution in [1.82, 2.24) is 5.32 Å². The molecule has 0 saturated carbocycles. The van der Waals surface area contributed by atoms with Gasteiger partial charge in [0.15, 0.2) is 0 Å². The van der Waals surface area contributed by atoms with E-state index in [9.17, 15) is 4.79 Å². The van der Waals surface area contributed by atoms with E-state index in [2.05, 4.69) is 5.32 Å². The largest absolute Gasteiger partial charge is 0.466 e. The van der Waals surface area contributed by atoms with Crippen molar-refractivity contribution >= 4 is 5.97 Å². The molecule has 0 saturated heterocycles. The molecule has 0 aliphatic rings. The van der Waals surface area contributed by atoms with Gasteiger partial charge in [-0.3, -0.25) is 4.79 Å². The van der Waals surface area contributed by atoms with Crippen LogP contribution in [0.2, 0.25) is 0 Å². The lowest BCUT2D eigenvalue weighted by Crippen LogP contribution is -2.19. The first-order chi connectivity index (χ1) is 8.26. The maximum Gasteiger partial charge on any atom is 0.307 e.